The van der Waals surface area contributed by atoms with Crippen LogP contribution in [-0.2, 0) is 0 Å². The highest BCUT2D eigenvalue weighted by Crippen LogP contribution is 2.30. The van der Waals surface area contributed by atoms with Crippen LogP contribution >= 0.6 is 22.9 Å². The summed E-state index contributed by atoms with van der Waals surface area (Å²) in [6.45, 7) is 1.89. The molecule has 2 nitrogen and oxygen atoms in total. The maximum Gasteiger partial charge on any atom is 0.206 e. The van der Waals surface area contributed by atoms with Crippen molar-refractivity contribution in [2.75, 3.05) is 7.11 Å². The predicted molar refractivity (Wildman–Crippen MR) is 70.5 cm³/mol. The summed E-state index contributed by atoms with van der Waals surface area (Å²) in [4.78, 5) is 12.9. The fourth-order valence-electron chi connectivity index (χ4n) is 1.54. The van der Waals surface area contributed by atoms with Crippen LogP contribution in [0.5, 0.6) is 5.75 Å². The summed E-state index contributed by atoms with van der Waals surface area (Å²) in [7, 11) is 1.55. The maximum atomic E-state index is 12.3. The fraction of sp³-hybridized carbons (Fsp3) is 0.154. The lowest BCUT2D eigenvalue weighted by molar-refractivity contribution is 0.103. The lowest BCUT2D eigenvalue weighted by Gasteiger charge is -2.05. The third-order valence-electron chi connectivity index (χ3n) is 2.43. The first kappa shape index (κ1) is 12.1. The lowest BCUT2D eigenvalue weighted by Crippen LogP contribution is -2.01. The number of methoxy groups -OCH3 is 1. The van der Waals surface area contributed by atoms with E-state index in [9.17, 15) is 4.79 Å². The number of benzene rings is 1. The smallest absolute Gasteiger partial charge is 0.206 e. The molecule has 0 aliphatic carbocycles. The lowest BCUT2D eigenvalue weighted by atomic mass is 10.1. The Labute approximate surface area is 109 Å². The van der Waals surface area contributed by atoms with Crippen molar-refractivity contribution < 1.29 is 9.53 Å². The molecule has 0 saturated heterocycles. The largest absolute Gasteiger partial charge is 0.496 e. The van der Waals surface area contributed by atoms with Crippen molar-refractivity contribution in [2.24, 2.45) is 0 Å². The first-order chi connectivity index (χ1) is 8.13. The van der Waals surface area contributed by atoms with E-state index in [1.807, 2.05) is 25.1 Å². The molecule has 0 N–H and O–H groups in total. The van der Waals surface area contributed by atoms with Crippen LogP contribution in [0.3, 0.4) is 0 Å². The number of hydrogen-bond acceptors (Lipinski definition) is 3. The van der Waals surface area contributed by atoms with E-state index in [4.69, 9.17) is 16.3 Å². The minimum atomic E-state index is -0.0533. The molecule has 17 heavy (non-hydrogen) atoms. The summed E-state index contributed by atoms with van der Waals surface area (Å²) < 4.78 is 5.83. The highest BCUT2D eigenvalue weighted by Gasteiger charge is 2.16. The van der Waals surface area contributed by atoms with Gasteiger partial charge in [0.2, 0.25) is 5.78 Å². The molecule has 1 aromatic heterocycles. The summed E-state index contributed by atoms with van der Waals surface area (Å²) in [6, 6.07) is 8.99. The maximum absolute atomic E-state index is 12.3. The number of aryl methyl sites for hydroxylation is 1. The highest BCUT2D eigenvalue weighted by molar-refractivity contribution is 7.18. The first-order valence-electron chi connectivity index (χ1n) is 5.07. The van der Waals surface area contributed by atoms with E-state index in [2.05, 4.69) is 0 Å². The third-order valence-corrected chi connectivity index (χ3v) is 3.99. The van der Waals surface area contributed by atoms with E-state index in [1.54, 1.807) is 19.2 Å². The monoisotopic (exact) mass is 266 g/mol. The second-order valence-corrected chi connectivity index (χ2v) is 5.25. The van der Waals surface area contributed by atoms with Crippen LogP contribution in [-0.4, -0.2) is 12.9 Å². The quantitative estimate of drug-likeness (QED) is 0.787. The van der Waals surface area contributed by atoms with Crippen molar-refractivity contribution in [3.05, 3.63) is 50.7 Å². The van der Waals surface area contributed by atoms with Gasteiger partial charge in [-0.1, -0.05) is 23.7 Å². The number of thiophene rings is 1. The first-order valence-corrected chi connectivity index (χ1v) is 6.26. The Morgan fingerprint density at radius 2 is 2.06 bits per heavy atom. The van der Waals surface area contributed by atoms with Gasteiger partial charge in [-0.05, 0) is 30.7 Å². The number of ketones is 1. The molecule has 0 aliphatic rings. The molecular weight excluding hydrogens is 256 g/mol. The van der Waals surface area contributed by atoms with Gasteiger partial charge in [-0.2, -0.15) is 0 Å². The molecule has 0 aliphatic heterocycles. The minimum absolute atomic E-state index is 0.0533. The van der Waals surface area contributed by atoms with Crippen LogP contribution in [0.4, 0.5) is 0 Å². The molecule has 0 unspecified atom stereocenters. The normalized spacial score (nSPS) is 10.3. The molecule has 0 atom stereocenters. The second-order valence-electron chi connectivity index (χ2n) is 3.60. The molecule has 4 heteroatoms. The number of para-hydroxylation sites is 1. The zero-order chi connectivity index (χ0) is 12.4. The van der Waals surface area contributed by atoms with Crippen molar-refractivity contribution in [3.63, 3.8) is 0 Å². The second kappa shape index (κ2) is 4.90. The Morgan fingerprint density at radius 1 is 1.35 bits per heavy atom. The molecule has 88 valence electrons. The molecule has 0 radical (unpaired) electrons. The Morgan fingerprint density at radius 3 is 2.65 bits per heavy atom. The number of carbonyl (C=O) groups is 1. The predicted octanol–water partition coefficient (Wildman–Crippen LogP) is 3.95. The van der Waals surface area contributed by atoms with Gasteiger partial charge in [0.15, 0.2) is 0 Å². The average Bonchev–Trinajstić information content (AvgIpc) is 2.68. The van der Waals surface area contributed by atoms with Gasteiger partial charge in [-0.3, -0.25) is 4.79 Å². The Bertz CT molecular complexity index is 541. The van der Waals surface area contributed by atoms with E-state index in [0.29, 0.717) is 20.5 Å². The zero-order valence-corrected chi connectivity index (χ0v) is 11.1. The van der Waals surface area contributed by atoms with Gasteiger partial charge in [0.1, 0.15) is 5.75 Å². The van der Waals surface area contributed by atoms with E-state index in [-0.39, 0.29) is 5.78 Å². The minimum Gasteiger partial charge on any atom is -0.496 e. The van der Waals surface area contributed by atoms with E-state index in [1.165, 1.54) is 11.3 Å². The number of hydrogen-bond donors (Lipinski definition) is 0. The van der Waals surface area contributed by atoms with Gasteiger partial charge in [0, 0.05) is 0 Å². The Kier molecular flexibility index (Phi) is 3.50. The summed E-state index contributed by atoms with van der Waals surface area (Å²) in [5.41, 5.74) is 1.49. The standard InChI is InChI=1S/C13H11ClO2S/c1-8-7-11(17-13(8)14)12(15)9-5-3-4-6-10(9)16-2/h3-7H,1-2H3. The average molecular weight is 267 g/mol. The van der Waals surface area contributed by atoms with Crippen LogP contribution in [0.1, 0.15) is 20.8 Å². The van der Waals surface area contributed by atoms with Crippen molar-refractivity contribution in [1.82, 2.24) is 0 Å². The van der Waals surface area contributed by atoms with E-state index < -0.39 is 0 Å². The topological polar surface area (TPSA) is 26.3 Å². The summed E-state index contributed by atoms with van der Waals surface area (Å²) in [6.07, 6.45) is 0. The fourth-order valence-corrected chi connectivity index (χ4v) is 2.69. The summed E-state index contributed by atoms with van der Waals surface area (Å²) >= 11 is 7.27. The van der Waals surface area contributed by atoms with Crippen molar-refractivity contribution in [1.29, 1.82) is 0 Å². The van der Waals surface area contributed by atoms with Gasteiger partial charge in [0.25, 0.3) is 0 Å². The Balaban J connectivity index is 2.43. The van der Waals surface area contributed by atoms with Crippen molar-refractivity contribution in [3.8, 4) is 5.75 Å². The summed E-state index contributed by atoms with van der Waals surface area (Å²) in [5.74, 6) is 0.530. The van der Waals surface area contributed by atoms with Gasteiger partial charge in [0.05, 0.1) is 21.9 Å². The molecule has 0 amide bonds. The van der Waals surface area contributed by atoms with E-state index in [0.717, 1.165) is 5.56 Å². The third kappa shape index (κ3) is 2.35. The molecule has 0 spiro atoms. The van der Waals surface area contributed by atoms with Gasteiger partial charge in [-0.15, -0.1) is 11.3 Å². The van der Waals surface area contributed by atoms with Crippen LogP contribution in [0.2, 0.25) is 4.34 Å². The molecular formula is C13H11ClO2S. The number of carbonyl (C=O) groups excluding carboxylic acids is 1. The molecule has 0 bridgehead atoms. The van der Waals surface area contributed by atoms with Gasteiger partial charge in [-0.25, -0.2) is 0 Å². The number of halogens is 1. The summed E-state index contributed by atoms with van der Waals surface area (Å²) in [5, 5.41) is 0. The molecule has 2 aromatic rings. The molecule has 0 saturated carbocycles. The van der Waals surface area contributed by atoms with Gasteiger partial charge < -0.3 is 4.74 Å². The highest BCUT2D eigenvalue weighted by atomic mass is 35.5. The van der Waals surface area contributed by atoms with Crippen molar-refractivity contribution in [2.45, 2.75) is 6.92 Å². The van der Waals surface area contributed by atoms with E-state index >= 15 is 0 Å². The number of ether oxygens (including phenoxy) is 1. The van der Waals surface area contributed by atoms with Crippen LogP contribution < -0.4 is 4.74 Å². The zero-order valence-electron chi connectivity index (χ0n) is 9.49. The Hall–Kier alpha value is -1.32. The molecule has 1 heterocycles. The SMILES string of the molecule is COc1ccccc1C(=O)c1cc(C)c(Cl)s1. The molecule has 2 rings (SSSR count). The van der Waals surface area contributed by atoms with Crippen LogP contribution in [0.25, 0.3) is 0 Å². The van der Waals surface area contributed by atoms with Gasteiger partial charge >= 0.3 is 0 Å². The van der Waals surface area contributed by atoms with Crippen molar-refractivity contribution >= 4 is 28.7 Å². The number of rotatable bonds is 3. The van der Waals surface area contributed by atoms with Crippen LogP contribution in [0, 0.1) is 6.92 Å². The van der Waals surface area contributed by atoms with Crippen LogP contribution in [0.15, 0.2) is 30.3 Å². The molecule has 0 fully saturated rings. The molecule has 1 aromatic carbocycles.